The van der Waals surface area contributed by atoms with Crippen LogP contribution in [0.2, 0.25) is 0 Å². The van der Waals surface area contributed by atoms with Crippen molar-refractivity contribution in [1.82, 2.24) is 15.1 Å². The van der Waals surface area contributed by atoms with Gasteiger partial charge in [-0.25, -0.2) is 4.39 Å². The molecule has 0 amide bonds. The van der Waals surface area contributed by atoms with Gasteiger partial charge >= 0.3 is 0 Å². The van der Waals surface area contributed by atoms with Gasteiger partial charge in [0.1, 0.15) is 11.6 Å². The van der Waals surface area contributed by atoms with Gasteiger partial charge in [0, 0.05) is 18.2 Å². The number of aryl methyl sites for hydroxylation is 1. The van der Waals surface area contributed by atoms with Crippen LogP contribution >= 0.6 is 0 Å². The van der Waals surface area contributed by atoms with Gasteiger partial charge in [0.2, 0.25) is 0 Å². The topological polar surface area (TPSA) is 39.1 Å². The molecular weight excluding hydrogens is 269 g/mol. The molecule has 1 aromatic carbocycles. The van der Waals surface area contributed by atoms with Crippen molar-refractivity contribution in [1.29, 1.82) is 0 Å². The number of nitrogens with one attached hydrogen (secondary N) is 1. The molecule has 1 atom stereocenters. The number of halogens is 1. The quantitative estimate of drug-likeness (QED) is 0.841. The third kappa shape index (κ3) is 4.04. The lowest BCUT2D eigenvalue weighted by atomic mass is 10.1. The molecule has 1 aromatic heterocycles. The summed E-state index contributed by atoms with van der Waals surface area (Å²) in [5.74, 6) is 1.06. The van der Waals surface area contributed by atoms with Crippen molar-refractivity contribution in [3.63, 3.8) is 0 Å². The molecule has 2 rings (SSSR count). The minimum atomic E-state index is -0.258. The van der Waals surface area contributed by atoms with Gasteiger partial charge in [0.15, 0.2) is 5.75 Å². The Balaban J connectivity index is 2.21. The van der Waals surface area contributed by atoms with E-state index in [0.717, 1.165) is 25.1 Å². The van der Waals surface area contributed by atoms with Gasteiger partial charge in [-0.1, -0.05) is 6.92 Å². The SMILES string of the molecule is CCCNC(C)c1cc(F)ccc1Oc1cnn(CC)c1. The maximum absolute atomic E-state index is 13.5. The van der Waals surface area contributed by atoms with Gasteiger partial charge in [0.05, 0.1) is 12.4 Å². The highest BCUT2D eigenvalue weighted by atomic mass is 19.1. The van der Waals surface area contributed by atoms with E-state index in [-0.39, 0.29) is 11.9 Å². The number of hydrogen-bond acceptors (Lipinski definition) is 3. The summed E-state index contributed by atoms with van der Waals surface area (Å²) in [7, 11) is 0. The molecule has 114 valence electrons. The summed E-state index contributed by atoms with van der Waals surface area (Å²) in [4.78, 5) is 0. The molecule has 21 heavy (non-hydrogen) atoms. The van der Waals surface area contributed by atoms with E-state index in [4.69, 9.17) is 4.74 Å². The molecule has 0 bridgehead atoms. The largest absolute Gasteiger partial charge is 0.454 e. The zero-order valence-electron chi connectivity index (χ0n) is 12.8. The van der Waals surface area contributed by atoms with Crippen LogP contribution in [0.5, 0.6) is 11.5 Å². The molecule has 1 unspecified atom stereocenters. The summed E-state index contributed by atoms with van der Waals surface area (Å²) in [5.41, 5.74) is 0.813. The van der Waals surface area contributed by atoms with E-state index in [0.29, 0.717) is 11.5 Å². The Morgan fingerprint density at radius 1 is 1.38 bits per heavy atom. The Hall–Kier alpha value is -1.88. The van der Waals surface area contributed by atoms with Crippen molar-refractivity contribution in [3.05, 3.63) is 42.0 Å². The van der Waals surface area contributed by atoms with Gasteiger partial charge in [-0.2, -0.15) is 5.10 Å². The highest BCUT2D eigenvalue weighted by Gasteiger charge is 2.13. The monoisotopic (exact) mass is 291 g/mol. The Labute approximate surface area is 124 Å². The second-order valence-corrected chi connectivity index (χ2v) is 4.99. The first-order valence-corrected chi connectivity index (χ1v) is 7.37. The van der Waals surface area contributed by atoms with E-state index in [1.54, 1.807) is 16.9 Å². The predicted octanol–water partition coefficient (Wildman–Crippen LogP) is 3.90. The van der Waals surface area contributed by atoms with Gasteiger partial charge in [0.25, 0.3) is 0 Å². The van der Waals surface area contributed by atoms with E-state index in [1.807, 2.05) is 20.0 Å². The zero-order valence-corrected chi connectivity index (χ0v) is 12.8. The fraction of sp³-hybridized carbons (Fsp3) is 0.438. The van der Waals surface area contributed by atoms with Gasteiger partial charge in [-0.3, -0.25) is 4.68 Å². The highest BCUT2D eigenvalue weighted by molar-refractivity contribution is 5.39. The minimum absolute atomic E-state index is 0.0249. The molecule has 2 aromatic rings. The van der Waals surface area contributed by atoms with E-state index >= 15 is 0 Å². The van der Waals surface area contributed by atoms with Crippen LogP contribution in [0, 0.1) is 5.82 Å². The zero-order chi connectivity index (χ0) is 15.2. The first-order chi connectivity index (χ1) is 10.1. The molecule has 0 fully saturated rings. The number of aromatic nitrogens is 2. The average Bonchev–Trinajstić information content (AvgIpc) is 2.94. The normalized spacial score (nSPS) is 12.4. The van der Waals surface area contributed by atoms with Crippen molar-refractivity contribution in [2.24, 2.45) is 0 Å². The number of ether oxygens (including phenoxy) is 1. The standard InChI is InChI=1S/C16H22FN3O/c1-4-8-18-12(3)15-9-13(17)6-7-16(15)21-14-10-19-20(5-2)11-14/h6-7,9-12,18H,4-5,8H2,1-3H3. The molecule has 0 spiro atoms. The Bertz CT molecular complexity index is 583. The molecule has 0 aliphatic carbocycles. The Morgan fingerprint density at radius 2 is 2.19 bits per heavy atom. The molecule has 0 radical (unpaired) electrons. The Morgan fingerprint density at radius 3 is 2.86 bits per heavy atom. The smallest absolute Gasteiger partial charge is 0.165 e. The van der Waals surface area contributed by atoms with E-state index in [1.165, 1.54) is 12.1 Å². The van der Waals surface area contributed by atoms with Crippen LogP contribution < -0.4 is 10.1 Å². The minimum Gasteiger partial charge on any atom is -0.454 e. The van der Waals surface area contributed by atoms with Crippen molar-refractivity contribution >= 4 is 0 Å². The molecule has 0 aliphatic heterocycles. The lowest BCUT2D eigenvalue weighted by molar-refractivity contribution is 0.456. The number of hydrogen-bond donors (Lipinski definition) is 1. The van der Waals surface area contributed by atoms with E-state index < -0.39 is 0 Å². The summed E-state index contributed by atoms with van der Waals surface area (Å²) in [6.07, 6.45) is 4.52. The third-order valence-corrected chi connectivity index (χ3v) is 3.30. The molecule has 0 saturated carbocycles. The lowest BCUT2D eigenvalue weighted by Gasteiger charge is -2.17. The van der Waals surface area contributed by atoms with Gasteiger partial charge < -0.3 is 10.1 Å². The second-order valence-electron chi connectivity index (χ2n) is 4.99. The summed E-state index contributed by atoms with van der Waals surface area (Å²) >= 11 is 0. The molecular formula is C16H22FN3O. The van der Waals surface area contributed by atoms with Crippen LogP contribution in [-0.2, 0) is 6.54 Å². The molecule has 1 heterocycles. The van der Waals surface area contributed by atoms with Crippen LogP contribution in [0.1, 0.15) is 38.8 Å². The number of nitrogens with zero attached hydrogens (tertiary/aromatic N) is 2. The van der Waals surface area contributed by atoms with Crippen molar-refractivity contribution in [3.8, 4) is 11.5 Å². The molecule has 4 nitrogen and oxygen atoms in total. The summed E-state index contributed by atoms with van der Waals surface area (Å²) in [6, 6.07) is 4.62. The fourth-order valence-corrected chi connectivity index (χ4v) is 2.12. The van der Waals surface area contributed by atoms with Crippen LogP contribution in [0.25, 0.3) is 0 Å². The molecule has 1 N–H and O–H groups in total. The third-order valence-electron chi connectivity index (χ3n) is 3.30. The van der Waals surface area contributed by atoms with Crippen LogP contribution in [0.4, 0.5) is 4.39 Å². The van der Waals surface area contributed by atoms with E-state index in [9.17, 15) is 4.39 Å². The summed E-state index contributed by atoms with van der Waals surface area (Å²) in [6.45, 7) is 7.78. The van der Waals surface area contributed by atoms with Gasteiger partial charge in [-0.15, -0.1) is 0 Å². The second kappa shape index (κ2) is 7.22. The molecule has 0 saturated heterocycles. The maximum atomic E-state index is 13.5. The maximum Gasteiger partial charge on any atom is 0.165 e. The van der Waals surface area contributed by atoms with Gasteiger partial charge in [-0.05, 0) is 45.0 Å². The van der Waals surface area contributed by atoms with Crippen molar-refractivity contribution in [2.45, 2.75) is 39.8 Å². The lowest BCUT2D eigenvalue weighted by Crippen LogP contribution is -2.19. The Kier molecular flexibility index (Phi) is 5.33. The number of rotatable bonds is 7. The summed E-state index contributed by atoms with van der Waals surface area (Å²) < 4.78 is 21.2. The fourth-order valence-electron chi connectivity index (χ4n) is 2.12. The first kappa shape index (κ1) is 15.5. The van der Waals surface area contributed by atoms with Crippen LogP contribution in [0.15, 0.2) is 30.6 Å². The molecule has 5 heteroatoms. The van der Waals surface area contributed by atoms with Crippen molar-refractivity contribution in [2.75, 3.05) is 6.54 Å². The predicted molar refractivity (Wildman–Crippen MR) is 81.1 cm³/mol. The van der Waals surface area contributed by atoms with Crippen molar-refractivity contribution < 1.29 is 9.13 Å². The summed E-state index contributed by atoms with van der Waals surface area (Å²) in [5, 5.41) is 7.53. The van der Waals surface area contributed by atoms with Crippen LogP contribution in [-0.4, -0.2) is 16.3 Å². The van der Waals surface area contributed by atoms with E-state index in [2.05, 4.69) is 17.3 Å². The first-order valence-electron chi connectivity index (χ1n) is 7.37. The molecule has 0 aliphatic rings. The number of benzene rings is 1. The van der Waals surface area contributed by atoms with Crippen LogP contribution in [0.3, 0.4) is 0 Å². The highest BCUT2D eigenvalue weighted by Crippen LogP contribution is 2.30. The average molecular weight is 291 g/mol.